The topological polar surface area (TPSA) is 0 Å². The molecule has 0 spiro atoms. The van der Waals surface area contributed by atoms with Crippen molar-refractivity contribution in [1.82, 2.24) is 0 Å². The largest absolute Gasteiger partial charge is 0.103 e. The summed E-state index contributed by atoms with van der Waals surface area (Å²) in [5.74, 6) is 0. The highest BCUT2D eigenvalue weighted by Gasteiger charge is 1.92. The Morgan fingerprint density at radius 3 is 2.00 bits per heavy atom. The smallest absolute Gasteiger partial charge is 0.0285 e. The number of hydrogen-bond acceptors (Lipinski definition) is 0. The van der Waals surface area contributed by atoms with Gasteiger partial charge in [-0.1, -0.05) is 82.6 Å². The zero-order valence-corrected chi connectivity index (χ0v) is 12.6. The maximum absolute atomic E-state index is 4.00. The molecule has 0 rings (SSSR count). The quantitative estimate of drug-likeness (QED) is 0.219. The fourth-order valence-electron chi connectivity index (χ4n) is 1.64. The molecule has 0 heteroatoms. The Bertz CT molecular complexity index is 220. The minimum absolute atomic E-state index is 1.12. The molecule has 0 aliphatic heterocycles. The van der Waals surface area contributed by atoms with Gasteiger partial charge in [0.15, 0.2) is 0 Å². The highest BCUT2D eigenvalue weighted by molar-refractivity contribution is 5.17. The van der Waals surface area contributed by atoms with E-state index in [0.29, 0.717) is 0 Å². The molecule has 0 aromatic rings. The Morgan fingerprint density at radius 1 is 0.889 bits per heavy atom. The maximum atomic E-state index is 4.00. The van der Waals surface area contributed by atoms with Crippen LogP contribution < -0.4 is 0 Å². The van der Waals surface area contributed by atoms with Crippen LogP contribution in [0, 0.1) is 0 Å². The van der Waals surface area contributed by atoms with Crippen molar-refractivity contribution in [1.29, 1.82) is 0 Å². The van der Waals surface area contributed by atoms with Gasteiger partial charge >= 0.3 is 0 Å². The molecule has 0 nitrogen and oxygen atoms in total. The van der Waals surface area contributed by atoms with Crippen LogP contribution in [0.3, 0.4) is 0 Å². The molecule has 104 valence electrons. The van der Waals surface area contributed by atoms with Crippen molar-refractivity contribution in [3.05, 3.63) is 49.6 Å². The van der Waals surface area contributed by atoms with E-state index in [2.05, 4.69) is 25.8 Å². The summed E-state index contributed by atoms with van der Waals surface area (Å²) in [6, 6.07) is 0. The van der Waals surface area contributed by atoms with E-state index in [0.717, 1.165) is 6.42 Å². The van der Waals surface area contributed by atoms with Gasteiger partial charge in [0.2, 0.25) is 0 Å². The third-order valence-electron chi connectivity index (χ3n) is 2.62. The van der Waals surface area contributed by atoms with Crippen LogP contribution in [0.4, 0.5) is 0 Å². The molecule has 0 amide bonds. The van der Waals surface area contributed by atoms with Gasteiger partial charge in [-0.3, -0.25) is 0 Å². The lowest BCUT2D eigenvalue weighted by molar-refractivity contribution is 0.598. The first-order valence-corrected chi connectivity index (χ1v) is 7.39. The zero-order chi connectivity index (χ0) is 14.1. The number of unbranched alkanes of at least 4 members (excludes halogenated alkanes) is 6. The third kappa shape index (κ3) is 17.4. The van der Waals surface area contributed by atoms with Gasteiger partial charge in [0, 0.05) is 0 Å². The van der Waals surface area contributed by atoms with Gasteiger partial charge in [-0.05, 0) is 25.7 Å². The minimum atomic E-state index is 1.12. The molecular formula is C18H32. The van der Waals surface area contributed by atoms with Gasteiger partial charge < -0.3 is 0 Å². The predicted octanol–water partition coefficient (Wildman–Crippen LogP) is 6.62. The monoisotopic (exact) mass is 248 g/mol. The summed E-state index contributed by atoms with van der Waals surface area (Å²) in [7, 11) is 0. The molecule has 0 fully saturated rings. The van der Waals surface area contributed by atoms with E-state index in [1.54, 1.807) is 6.08 Å². The lowest BCUT2D eigenvalue weighted by Gasteiger charge is -2.01. The summed E-state index contributed by atoms with van der Waals surface area (Å²) in [5, 5.41) is 0. The fraction of sp³-hybridized carbons (Fsp3) is 0.556. The van der Waals surface area contributed by atoms with E-state index >= 15 is 0 Å². The number of allylic oxidation sites excluding steroid dienone is 5. The lowest BCUT2D eigenvalue weighted by Crippen LogP contribution is -1.81. The van der Waals surface area contributed by atoms with Crippen LogP contribution in [0.25, 0.3) is 0 Å². The molecular weight excluding hydrogens is 216 g/mol. The molecule has 0 aliphatic rings. The molecule has 0 radical (unpaired) electrons. The predicted molar refractivity (Wildman–Crippen MR) is 87.0 cm³/mol. The maximum Gasteiger partial charge on any atom is -0.0285 e. The molecule has 0 aromatic carbocycles. The molecule has 0 aromatic heterocycles. The Balaban J connectivity index is 0. The van der Waals surface area contributed by atoms with Gasteiger partial charge in [0.25, 0.3) is 0 Å². The van der Waals surface area contributed by atoms with Crippen LogP contribution in [0.2, 0.25) is 0 Å². The van der Waals surface area contributed by atoms with Crippen molar-refractivity contribution in [3.63, 3.8) is 0 Å². The number of rotatable bonds is 11. The molecule has 0 atom stereocenters. The summed E-state index contributed by atoms with van der Waals surface area (Å²) in [6.45, 7) is 15.4. The van der Waals surface area contributed by atoms with E-state index in [9.17, 15) is 0 Å². The molecule has 0 unspecified atom stereocenters. The van der Waals surface area contributed by atoms with Crippen LogP contribution >= 0.6 is 0 Å². The first kappa shape index (κ1) is 19.3. The van der Waals surface area contributed by atoms with E-state index < -0.39 is 0 Å². The van der Waals surface area contributed by atoms with Gasteiger partial charge in [-0.15, -0.1) is 6.58 Å². The summed E-state index contributed by atoms with van der Waals surface area (Å²) < 4.78 is 0. The van der Waals surface area contributed by atoms with E-state index in [4.69, 9.17) is 0 Å². The van der Waals surface area contributed by atoms with Crippen LogP contribution in [-0.4, -0.2) is 0 Å². The van der Waals surface area contributed by atoms with Gasteiger partial charge in [0.1, 0.15) is 0 Å². The standard InChI is InChI=1S/C16H26.C2H6/c1-4-6-8-9-10-11-12-13-15-16(3)14-7-5-2;1-2/h4-5,7,14H,1-3,6,8-13,15H2;1-2H3/b14-7-;. The molecule has 0 bridgehead atoms. The van der Waals surface area contributed by atoms with Crippen molar-refractivity contribution in [3.8, 4) is 0 Å². The first-order valence-electron chi connectivity index (χ1n) is 7.39. The molecule has 0 saturated carbocycles. The Labute approximate surface area is 115 Å². The summed E-state index contributed by atoms with van der Waals surface area (Å²) >= 11 is 0. The number of hydrogen-bond donors (Lipinski definition) is 0. The molecule has 0 heterocycles. The van der Waals surface area contributed by atoms with Crippen LogP contribution in [0.1, 0.15) is 65.2 Å². The van der Waals surface area contributed by atoms with Gasteiger partial charge in [0.05, 0.1) is 0 Å². The minimum Gasteiger partial charge on any atom is -0.103 e. The SMILES string of the molecule is C=C/C=C\C(=C)CCCCCCCCC=C.CC. The van der Waals surface area contributed by atoms with Gasteiger partial charge in [-0.2, -0.15) is 0 Å². The zero-order valence-electron chi connectivity index (χ0n) is 12.6. The second-order valence-corrected chi connectivity index (χ2v) is 4.20. The highest BCUT2D eigenvalue weighted by Crippen LogP contribution is 2.12. The lowest BCUT2D eigenvalue weighted by atomic mass is 10.1. The van der Waals surface area contributed by atoms with Crippen molar-refractivity contribution < 1.29 is 0 Å². The van der Waals surface area contributed by atoms with Crippen molar-refractivity contribution in [2.75, 3.05) is 0 Å². The average molecular weight is 248 g/mol. The van der Waals surface area contributed by atoms with Crippen LogP contribution in [0.5, 0.6) is 0 Å². The summed E-state index contributed by atoms with van der Waals surface area (Å²) in [6.07, 6.45) is 18.1. The van der Waals surface area contributed by atoms with E-state index in [-0.39, 0.29) is 0 Å². The summed E-state index contributed by atoms with van der Waals surface area (Å²) in [4.78, 5) is 0. The highest BCUT2D eigenvalue weighted by atomic mass is 14.0. The van der Waals surface area contributed by atoms with Crippen LogP contribution in [0.15, 0.2) is 49.6 Å². The Morgan fingerprint density at radius 2 is 1.44 bits per heavy atom. The van der Waals surface area contributed by atoms with Crippen molar-refractivity contribution >= 4 is 0 Å². The first-order chi connectivity index (χ1) is 8.81. The van der Waals surface area contributed by atoms with Crippen molar-refractivity contribution in [2.45, 2.75) is 65.2 Å². The summed E-state index contributed by atoms with van der Waals surface area (Å²) in [5.41, 5.74) is 1.21. The van der Waals surface area contributed by atoms with Crippen molar-refractivity contribution in [2.24, 2.45) is 0 Å². The fourth-order valence-corrected chi connectivity index (χ4v) is 1.64. The molecule has 0 saturated heterocycles. The Kier molecular flexibility index (Phi) is 19.7. The third-order valence-corrected chi connectivity index (χ3v) is 2.62. The van der Waals surface area contributed by atoms with Gasteiger partial charge in [-0.25, -0.2) is 0 Å². The molecule has 0 N–H and O–H groups in total. The normalized spacial score (nSPS) is 9.67. The van der Waals surface area contributed by atoms with E-state index in [1.807, 2.05) is 26.0 Å². The molecule has 18 heavy (non-hydrogen) atoms. The second kappa shape index (κ2) is 18.3. The van der Waals surface area contributed by atoms with Crippen LogP contribution in [-0.2, 0) is 0 Å². The van der Waals surface area contributed by atoms with E-state index in [1.165, 1.54) is 50.5 Å². The molecule has 0 aliphatic carbocycles. The average Bonchev–Trinajstić information content (AvgIpc) is 2.41. The Hall–Kier alpha value is -1.04. The second-order valence-electron chi connectivity index (χ2n) is 4.20.